The molecule has 0 radical (unpaired) electrons. The monoisotopic (exact) mass is 466 g/mol. The summed E-state index contributed by atoms with van der Waals surface area (Å²) in [6.45, 7) is 3.84. The van der Waals surface area contributed by atoms with Crippen molar-refractivity contribution in [1.82, 2.24) is 9.78 Å². The highest BCUT2D eigenvalue weighted by Crippen LogP contribution is 2.42. The number of hydrogen-bond donors (Lipinski definition) is 0. The lowest BCUT2D eigenvalue weighted by Gasteiger charge is -2.24. The largest absolute Gasteiger partial charge is 0.361 e. The number of aryl methyl sites for hydroxylation is 2. The maximum atomic E-state index is 12.5. The quantitative estimate of drug-likeness (QED) is 0.510. The van der Waals surface area contributed by atoms with E-state index in [1.807, 2.05) is 38.1 Å². The molecule has 1 aliphatic heterocycles. The van der Waals surface area contributed by atoms with Crippen LogP contribution in [0.2, 0.25) is 5.02 Å². The number of halogens is 2. The Morgan fingerprint density at radius 2 is 2.00 bits per heavy atom. The maximum Gasteiger partial charge on any atom is 0.311 e. The van der Waals surface area contributed by atoms with Gasteiger partial charge in [0.25, 0.3) is 0 Å². The Labute approximate surface area is 171 Å². The van der Waals surface area contributed by atoms with Crippen LogP contribution in [0.4, 0.5) is 0 Å². The van der Waals surface area contributed by atoms with E-state index in [1.54, 1.807) is 18.2 Å². The summed E-state index contributed by atoms with van der Waals surface area (Å²) in [6, 6.07) is 12.9. The van der Waals surface area contributed by atoms with E-state index in [1.165, 1.54) is 4.68 Å². The van der Waals surface area contributed by atoms with E-state index in [0.717, 1.165) is 26.9 Å². The molecule has 1 aliphatic rings. The zero-order valence-corrected chi connectivity index (χ0v) is 17.8. The molecule has 27 heavy (non-hydrogen) atoms. The molecule has 0 aliphatic carbocycles. The third kappa shape index (κ3) is 3.39. The minimum atomic E-state index is -3.75. The molecule has 0 saturated heterocycles. The van der Waals surface area contributed by atoms with E-state index >= 15 is 0 Å². The van der Waals surface area contributed by atoms with Crippen LogP contribution < -0.4 is 4.18 Å². The Kier molecular flexibility index (Phi) is 4.56. The van der Waals surface area contributed by atoms with E-state index in [9.17, 15) is 8.42 Å². The highest BCUT2D eigenvalue weighted by molar-refractivity contribution is 9.10. The molecular weight excluding hydrogens is 452 g/mol. The van der Waals surface area contributed by atoms with E-state index < -0.39 is 10.1 Å². The first-order valence-electron chi connectivity index (χ1n) is 8.29. The van der Waals surface area contributed by atoms with Crippen LogP contribution in [-0.4, -0.2) is 24.0 Å². The van der Waals surface area contributed by atoms with Crippen LogP contribution >= 0.6 is 27.5 Å². The highest BCUT2D eigenvalue weighted by atomic mass is 79.9. The molecule has 0 N–H and O–H groups in total. The van der Waals surface area contributed by atoms with Gasteiger partial charge in [-0.3, -0.25) is 0 Å². The zero-order valence-electron chi connectivity index (χ0n) is 14.6. The van der Waals surface area contributed by atoms with Gasteiger partial charge in [-0.15, -0.1) is 0 Å². The van der Waals surface area contributed by atoms with Gasteiger partial charge < -0.3 is 4.18 Å². The zero-order chi connectivity index (χ0) is 19.3. The summed E-state index contributed by atoms with van der Waals surface area (Å²) < 4.78 is 32.9. The van der Waals surface area contributed by atoms with E-state index in [2.05, 4.69) is 21.0 Å². The molecule has 2 aromatic carbocycles. The van der Waals surface area contributed by atoms with E-state index in [4.69, 9.17) is 15.8 Å². The van der Waals surface area contributed by atoms with Crippen LogP contribution in [0, 0.1) is 13.8 Å². The highest BCUT2D eigenvalue weighted by Gasteiger charge is 2.38. The van der Waals surface area contributed by atoms with Gasteiger partial charge in [-0.25, -0.2) is 0 Å². The van der Waals surface area contributed by atoms with Crippen molar-refractivity contribution in [2.75, 3.05) is 5.75 Å². The molecule has 1 atom stereocenters. The lowest BCUT2D eigenvalue weighted by Crippen LogP contribution is -2.27. The van der Waals surface area contributed by atoms with E-state index in [0.29, 0.717) is 10.7 Å². The fraction of sp³-hybridized carbons (Fsp3) is 0.211. The standard InChI is InChI=1S/C19H16BrClN2O3S/c1-11-8-13(6-7-17(11)20)16-10-27(24,25)26-19-18(16)12(2)22-23(19)15-5-3-4-14(21)9-15/h3-9,16H,10H2,1-2H3. The van der Waals surface area contributed by atoms with Crippen LogP contribution in [0.15, 0.2) is 46.9 Å². The van der Waals surface area contributed by atoms with Crippen LogP contribution in [0.1, 0.15) is 28.3 Å². The second-order valence-corrected chi connectivity index (χ2v) is 9.47. The Balaban J connectivity index is 1.93. The van der Waals surface area contributed by atoms with Gasteiger partial charge in [0.2, 0.25) is 5.88 Å². The molecule has 0 spiro atoms. The minimum absolute atomic E-state index is 0.122. The third-order valence-electron chi connectivity index (χ3n) is 4.62. The van der Waals surface area contributed by atoms with Crippen LogP contribution in [0.5, 0.6) is 5.88 Å². The van der Waals surface area contributed by atoms with Crippen molar-refractivity contribution < 1.29 is 12.6 Å². The lowest BCUT2D eigenvalue weighted by molar-refractivity contribution is 0.446. The summed E-state index contributed by atoms with van der Waals surface area (Å²) in [4.78, 5) is 0. The minimum Gasteiger partial charge on any atom is -0.361 e. The van der Waals surface area contributed by atoms with Gasteiger partial charge in [0, 0.05) is 21.0 Å². The SMILES string of the molecule is Cc1cc(C2CS(=O)(=O)Oc3c2c(C)nn3-c2cccc(Cl)c2)ccc1Br. The van der Waals surface area contributed by atoms with Gasteiger partial charge >= 0.3 is 10.1 Å². The molecule has 3 aromatic rings. The van der Waals surface area contributed by atoms with Gasteiger partial charge in [-0.2, -0.15) is 18.2 Å². The second kappa shape index (κ2) is 6.65. The molecule has 0 amide bonds. The summed E-state index contributed by atoms with van der Waals surface area (Å²) in [5.41, 5.74) is 4.11. The normalized spacial score (nSPS) is 18.0. The van der Waals surface area contributed by atoms with E-state index in [-0.39, 0.29) is 17.6 Å². The smallest absolute Gasteiger partial charge is 0.311 e. The Bertz CT molecular complexity index is 1160. The average Bonchev–Trinajstić information content (AvgIpc) is 2.92. The molecule has 8 heteroatoms. The van der Waals surface area contributed by atoms with Crippen LogP contribution in [-0.2, 0) is 10.1 Å². The Morgan fingerprint density at radius 1 is 1.22 bits per heavy atom. The summed E-state index contributed by atoms with van der Waals surface area (Å²) in [7, 11) is -3.75. The van der Waals surface area contributed by atoms with Gasteiger partial charge in [-0.05, 0) is 49.2 Å². The molecule has 2 heterocycles. The third-order valence-corrected chi connectivity index (χ3v) is 6.90. The molecule has 0 saturated carbocycles. The number of nitrogens with zero attached hydrogens (tertiary/aromatic N) is 2. The molecule has 1 aromatic heterocycles. The van der Waals surface area contributed by atoms with Crippen molar-refractivity contribution in [1.29, 1.82) is 0 Å². The van der Waals surface area contributed by atoms with Crippen molar-refractivity contribution in [3.05, 3.63) is 74.3 Å². The van der Waals surface area contributed by atoms with Crippen molar-refractivity contribution in [3.63, 3.8) is 0 Å². The Hall–Kier alpha value is -1.83. The number of aromatic nitrogens is 2. The summed E-state index contributed by atoms with van der Waals surface area (Å²) >= 11 is 9.58. The van der Waals surface area contributed by atoms with Crippen molar-refractivity contribution in [2.24, 2.45) is 0 Å². The first-order chi connectivity index (χ1) is 12.7. The predicted molar refractivity (Wildman–Crippen MR) is 108 cm³/mol. The topological polar surface area (TPSA) is 61.2 Å². The number of hydrogen-bond acceptors (Lipinski definition) is 4. The molecule has 4 rings (SSSR count). The molecule has 0 bridgehead atoms. The van der Waals surface area contributed by atoms with Crippen molar-refractivity contribution >= 4 is 37.6 Å². The lowest BCUT2D eigenvalue weighted by atomic mass is 9.92. The maximum absolute atomic E-state index is 12.5. The molecule has 5 nitrogen and oxygen atoms in total. The van der Waals surface area contributed by atoms with Crippen LogP contribution in [0.25, 0.3) is 5.69 Å². The number of benzene rings is 2. The van der Waals surface area contributed by atoms with Crippen molar-refractivity contribution in [2.45, 2.75) is 19.8 Å². The van der Waals surface area contributed by atoms with Crippen molar-refractivity contribution in [3.8, 4) is 11.6 Å². The first kappa shape index (κ1) is 18.5. The number of rotatable bonds is 2. The molecule has 1 unspecified atom stereocenters. The average molecular weight is 468 g/mol. The summed E-state index contributed by atoms with van der Waals surface area (Å²) in [5, 5.41) is 5.08. The fourth-order valence-corrected chi connectivity index (χ4v) is 5.04. The second-order valence-electron chi connectivity index (χ2n) is 6.56. The predicted octanol–water partition coefficient (Wildman–Crippen LogP) is 4.76. The fourth-order valence-electron chi connectivity index (χ4n) is 3.37. The van der Waals surface area contributed by atoms with Gasteiger partial charge in [0.1, 0.15) is 0 Å². The molecular formula is C19H16BrClN2O3S. The van der Waals surface area contributed by atoms with Gasteiger partial charge in [-0.1, -0.05) is 45.7 Å². The van der Waals surface area contributed by atoms with Gasteiger partial charge in [0.15, 0.2) is 0 Å². The summed E-state index contributed by atoms with van der Waals surface area (Å²) in [6.07, 6.45) is 0. The summed E-state index contributed by atoms with van der Waals surface area (Å²) in [5.74, 6) is -0.242. The van der Waals surface area contributed by atoms with Gasteiger partial charge in [0.05, 0.1) is 17.1 Å². The molecule has 0 fully saturated rings. The van der Waals surface area contributed by atoms with Crippen LogP contribution in [0.3, 0.4) is 0 Å². The first-order valence-corrected chi connectivity index (χ1v) is 11.0. The molecule has 140 valence electrons. The Morgan fingerprint density at radius 3 is 2.70 bits per heavy atom. The number of fused-ring (bicyclic) bond motifs is 1.